The number of unbranched alkanes of at least 4 members (excludes halogenated alkanes) is 8. The number of quaternary nitrogens is 1. The van der Waals surface area contributed by atoms with E-state index in [4.69, 9.17) is 9.05 Å². The van der Waals surface area contributed by atoms with Crippen LogP contribution in [0.1, 0.15) is 123 Å². The summed E-state index contributed by atoms with van der Waals surface area (Å²) >= 11 is 0. The number of allylic oxidation sites excluding steroid dienone is 13. The van der Waals surface area contributed by atoms with Gasteiger partial charge >= 0.3 is 0 Å². The zero-order chi connectivity index (χ0) is 37.9. The van der Waals surface area contributed by atoms with Crippen LogP contribution in [0.15, 0.2) is 85.1 Å². The van der Waals surface area contributed by atoms with Gasteiger partial charge in [0.05, 0.1) is 39.9 Å². The second-order valence-corrected chi connectivity index (χ2v) is 15.3. The number of carbonyl (C=O) groups excluding carboxylic acids is 1. The maximum absolute atomic E-state index is 12.8. The molecular weight excluding hydrogens is 659 g/mol. The van der Waals surface area contributed by atoms with E-state index in [2.05, 4.69) is 92.1 Å². The summed E-state index contributed by atoms with van der Waals surface area (Å²) in [5, 5.41) is 13.6. The van der Waals surface area contributed by atoms with Gasteiger partial charge in [0.2, 0.25) is 5.91 Å². The highest BCUT2D eigenvalue weighted by Crippen LogP contribution is 2.38. The number of phosphoric acid groups is 1. The molecule has 2 N–H and O–H groups in total. The minimum atomic E-state index is -4.60. The topological polar surface area (TPSA) is 108 Å². The molecule has 0 aromatic rings. The van der Waals surface area contributed by atoms with Gasteiger partial charge in [0, 0.05) is 6.42 Å². The molecule has 0 spiro atoms. The monoisotopic (exact) mass is 733 g/mol. The van der Waals surface area contributed by atoms with Crippen molar-refractivity contribution in [1.29, 1.82) is 0 Å². The van der Waals surface area contributed by atoms with E-state index in [1.165, 1.54) is 25.7 Å². The number of aliphatic hydroxyl groups is 1. The van der Waals surface area contributed by atoms with Gasteiger partial charge in [-0.05, 0) is 77.0 Å². The summed E-state index contributed by atoms with van der Waals surface area (Å²) in [5.41, 5.74) is 0. The fourth-order valence-electron chi connectivity index (χ4n) is 4.72. The maximum atomic E-state index is 12.8. The number of likely N-dealkylation sites (N-methyl/N-ethyl adjacent to an activating group) is 1. The van der Waals surface area contributed by atoms with Crippen LogP contribution in [0.25, 0.3) is 0 Å². The molecule has 0 aromatic heterocycles. The van der Waals surface area contributed by atoms with Crippen LogP contribution in [0.2, 0.25) is 0 Å². The number of nitrogens with zero attached hydrogens (tertiary/aromatic N) is 1. The Morgan fingerprint density at radius 1 is 0.706 bits per heavy atom. The predicted molar refractivity (Wildman–Crippen MR) is 214 cm³/mol. The van der Waals surface area contributed by atoms with Gasteiger partial charge in [-0.2, -0.15) is 0 Å². The van der Waals surface area contributed by atoms with Crippen LogP contribution in [0.3, 0.4) is 0 Å². The number of nitrogens with one attached hydrogen (secondary N) is 1. The highest BCUT2D eigenvalue weighted by Gasteiger charge is 2.23. The van der Waals surface area contributed by atoms with Crippen LogP contribution in [-0.2, 0) is 18.4 Å². The number of hydrogen-bond donors (Lipinski definition) is 2. The quantitative estimate of drug-likeness (QED) is 0.0301. The first-order chi connectivity index (χ1) is 24.5. The lowest BCUT2D eigenvalue weighted by Crippen LogP contribution is -2.45. The molecule has 0 saturated carbocycles. The van der Waals surface area contributed by atoms with Gasteiger partial charge in [0.1, 0.15) is 13.2 Å². The molecular formula is C42H73N2O6P. The fourth-order valence-corrected chi connectivity index (χ4v) is 5.44. The van der Waals surface area contributed by atoms with Crippen molar-refractivity contribution in [2.45, 2.75) is 135 Å². The van der Waals surface area contributed by atoms with Gasteiger partial charge in [0.15, 0.2) is 0 Å². The Bertz CT molecular complexity index is 1100. The fraction of sp³-hybridized carbons (Fsp3) is 0.643. The van der Waals surface area contributed by atoms with Crippen molar-refractivity contribution in [3.8, 4) is 0 Å². The summed E-state index contributed by atoms with van der Waals surface area (Å²) in [5.74, 6) is -0.247. The van der Waals surface area contributed by atoms with Crippen molar-refractivity contribution < 1.29 is 32.9 Å². The van der Waals surface area contributed by atoms with Crippen molar-refractivity contribution in [3.05, 3.63) is 85.1 Å². The van der Waals surface area contributed by atoms with Crippen LogP contribution >= 0.6 is 7.82 Å². The molecule has 0 aliphatic carbocycles. The number of carbonyl (C=O) groups is 1. The summed E-state index contributed by atoms with van der Waals surface area (Å²) in [6.45, 7) is 4.40. The first-order valence-corrected chi connectivity index (χ1v) is 20.9. The van der Waals surface area contributed by atoms with E-state index >= 15 is 0 Å². The van der Waals surface area contributed by atoms with E-state index in [1.54, 1.807) is 6.08 Å². The van der Waals surface area contributed by atoms with Crippen molar-refractivity contribution >= 4 is 13.7 Å². The molecule has 292 valence electrons. The Morgan fingerprint density at radius 3 is 1.78 bits per heavy atom. The average Bonchev–Trinajstić information content (AvgIpc) is 3.07. The molecule has 0 rings (SSSR count). The van der Waals surface area contributed by atoms with Crippen LogP contribution in [-0.4, -0.2) is 68.5 Å². The zero-order valence-electron chi connectivity index (χ0n) is 32.8. The summed E-state index contributed by atoms with van der Waals surface area (Å²) in [6.07, 6.45) is 44.9. The van der Waals surface area contributed by atoms with Gasteiger partial charge in [-0.25, -0.2) is 0 Å². The number of phosphoric ester groups is 1. The predicted octanol–water partition coefficient (Wildman–Crippen LogP) is 9.60. The molecule has 3 unspecified atom stereocenters. The second kappa shape index (κ2) is 33.5. The normalized spacial score (nSPS) is 15.5. The number of rotatable bonds is 33. The van der Waals surface area contributed by atoms with Crippen molar-refractivity contribution in [1.82, 2.24) is 5.32 Å². The van der Waals surface area contributed by atoms with E-state index in [9.17, 15) is 19.4 Å². The molecule has 8 nitrogen and oxygen atoms in total. The lowest BCUT2D eigenvalue weighted by molar-refractivity contribution is -0.870. The Kier molecular flexibility index (Phi) is 32.0. The Balaban J connectivity index is 4.58. The SMILES string of the molecule is CC/C=C\C/C=C\C/C=C\C/C=C\C/C=C\CCCCCC(=O)NC(COP(=O)([O-])OCC[N+](C)(C)C)C(O)/C=C/CC/C=C/CCCCCC. The number of amides is 1. The zero-order valence-corrected chi connectivity index (χ0v) is 33.7. The second-order valence-electron chi connectivity index (χ2n) is 13.9. The van der Waals surface area contributed by atoms with Crippen LogP contribution in [0.5, 0.6) is 0 Å². The summed E-state index contributed by atoms with van der Waals surface area (Å²) in [4.78, 5) is 25.1. The van der Waals surface area contributed by atoms with Crippen LogP contribution in [0.4, 0.5) is 0 Å². The van der Waals surface area contributed by atoms with E-state index < -0.39 is 26.6 Å². The van der Waals surface area contributed by atoms with Gasteiger partial charge in [-0.1, -0.05) is 125 Å². The molecule has 0 aliphatic rings. The van der Waals surface area contributed by atoms with Gasteiger partial charge in [0.25, 0.3) is 7.82 Å². The third-order valence-electron chi connectivity index (χ3n) is 7.84. The molecule has 0 radical (unpaired) electrons. The van der Waals surface area contributed by atoms with Gasteiger partial charge in [-0.15, -0.1) is 0 Å². The molecule has 1 amide bonds. The maximum Gasteiger partial charge on any atom is 0.268 e. The summed E-state index contributed by atoms with van der Waals surface area (Å²) in [6, 6.07) is -0.923. The lowest BCUT2D eigenvalue weighted by atomic mass is 10.1. The van der Waals surface area contributed by atoms with Gasteiger partial charge < -0.3 is 28.8 Å². The summed E-state index contributed by atoms with van der Waals surface area (Å²) in [7, 11) is 1.20. The smallest absolute Gasteiger partial charge is 0.268 e. The van der Waals surface area contributed by atoms with Crippen molar-refractivity contribution in [3.63, 3.8) is 0 Å². The largest absolute Gasteiger partial charge is 0.756 e. The van der Waals surface area contributed by atoms with Crippen LogP contribution < -0.4 is 10.2 Å². The molecule has 0 aliphatic heterocycles. The summed E-state index contributed by atoms with van der Waals surface area (Å²) < 4.78 is 23.0. The molecule has 0 bridgehead atoms. The molecule has 3 atom stereocenters. The van der Waals surface area contributed by atoms with E-state index in [1.807, 2.05) is 27.2 Å². The third-order valence-corrected chi connectivity index (χ3v) is 8.80. The molecule has 0 saturated heterocycles. The van der Waals surface area contributed by atoms with Crippen molar-refractivity contribution in [2.24, 2.45) is 0 Å². The standard InChI is InChI=1S/C42H73N2O6P/c1-6-8-10-12-14-16-18-19-20-21-22-23-24-25-26-28-30-32-34-36-42(46)43-40(39-50-51(47,48)49-38-37-44(3,4)5)41(45)35-33-31-29-27-17-15-13-11-9-7-2/h8,10,14,16-17,19-20,22-23,25-27,33,35,40-41,45H,6-7,9,11-13,15,18,21,24,28-32,34,36-39H2,1-5H3,(H-,43,46,47,48)/b10-8-,16-14-,20-19-,23-22-,26-25-,27-17+,35-33+. The highest BCUT2D eigenvalue weighted by molar-refractivity contribution is 7.45. The Labute approximate surface area is 312 Å². The Hall–Kier alpha value is -2.32. The molecule has 0 fully saturated rings. The lowest BCUT2D eigenvalue weighted by Gasteiger charge is -2.29. The first-order valence-electron chi connectivity index (χ1n) is 19.4. The molecule has 9 heteroatoms. The van der Waals surface area contributed by atoms with E-state index in [0.717, 1.165) is 70.6 Å². The van der Waals surface area contributed by atoms with E-state index in [0.29, 0.717) is 17.4 Å². The highest BCUT2D eigenvalue weighted by atomic mass is 31.2. The molecule has 0 heterocycles. The van der Waals surface area contributed by atoms with Crippen LogP contribution in [0, 0.1) is 0 Å². The minimum Gasteiger partial charge on any atom is -0.756 e. The Morgan fingerprint density at radius 2 is 1.22 bits per heavy atom. The molecule has 0 aromatic carbocycles. The van der Waals surface area contributed by atoms with E-state index in [-0.39, 0.29) is 18.9 Å². The van der Waals surface area contributed by atoms with Crippen molar-refractivity contribution in [2.75, 3.05) is 40.9 Å². The molecule has 51 heavy (non-hydrogen) atoms. The average molecular weight is 733 g/mol. The number of aliphatic hydroxyl groups excluding tert-OH is 1. The third kappa shape index (κ3) is 35.9. The van der Waals surface area contributed by atoms with Gasteiger partial charge in [-0.3, -0.25) is 9.36 Å². The first kappa shape index (κ1) is 48.7. The number of hydrogen-bond acceptors (Lipinski definition) is 6. The minimum absolute atomic E-state index is 0.0183.